The monoisotopic (exact) mass is 481 g/mol. The summed E-state index contributed by atoms with van der Waals surface area (Å²) in [5, 5.41) is 2.93. The van der Waals surface area contributed by atoms with E-state index in [0.717, 1.165) is 24.8 Å². The molecule has 34 heavy (non-hydrogen) atoms. The van der Waals surface area contributed by atoms with Gasteiger partial charge in [0.05, 0.1) is 4.90 Å². The van der Waals surface area contributed by atoms with E-state index in [-0.39, 0.29) is 22.8 Å². The second-order valence-corrected chi connectivity index (χ2v) is 11.1. The number of nitrogens with zero attached hydrogens (tertiary/aromatic N) is 2. The van der Waals surface area contributed by atoms with Crippen LogP contribution in [0.1, 0.15) is 48.0 Å². The molecule has 7 nitrogen and oxygen atoms in total. The van der Waals surface area contributed by atoms with Crippen molar-refractivity contribution in [2.24, 2.45) is 0 Å². The minimum Gasteiger partial charge on any atom is -0.350 e. The highest BCUT2D eigenvalue weighted by Gasteiger charge is 2.51. The van der Waals surface area contributed by atoms with Gasteiger partial charge in [-0.2, -0.15) is 4.31 Å². The van der Waals surface area contributed by atoms with Gasteiger partial charge in [-0.3, -0.25) is 9.59 Å². The highest BCUT2D eigenvalue weighted by molar-refractivity contribution is 7.89. The van der Waals surface area contributed by atoms with Crippen LogP contribution < -0.4 is 5.32 Å². The third-order valence-electron chi connectivity index (χ3n) is 6.95. The van der Waals surface area contributed by atoms with Gasteiger partial charge in [-0.15, -0.1) is 0 Å². The fourth-order valence-corrected chi connectivity index (χ4v) is 6.86. The summed E-state index contributed by atoms with van der Waals surface area (Å²) in [5.74, 6) is -0.393. The molecule has 1 N–H and O–H groups in total. The lowest BCUT2D eigenvalue weighted by molar-refractivity contribution is -0.117. The average molecular weight is 482 g/mol. The zero-order valence-electron chi connectivity index (χ0n) is 19.4. The van der Waals surface area contributed by atoms with Crippen LogP contribution in [0.3, 0.4) is 0 Å². The molecule has 0 aromatic heterocycles. The highest BCUT2D eigenvalue weighted by atomic mass is 32.2. The van der Waals surface area contributed by atoms with Gasteiger partial charge < -0.3 is 10.2 Å². The van der Waals surface area contributed by atoms with E-state index in [1.807, 2.05) is 30.3 Å². The van der Waals surface area contributed by atoms with E-state index in [1.165, 1.54) is 18.2 Å². The fourth-order valence-electron chi connectivity index (χ4n) is 5.02. The molecule has 1 saturated carbocycles. The molecule has 2 amide bonds. The van der Waals surface area contributed by atoms with Crippen LogP contribution in [0.5, 0.6) is 0 Å². The summed E-state index contributed by atoms with van der Waals surface area (Å²) < 4.78 is 28.8. The Morgan fingerprint density at radius 2 is 1.82 bits per heavy atom. The number of carbonyl (C=O) groups is 2. The van der Waals surface area contributed by atoms with Gasteiger partial charge in [0.2, 0.25) is 15.9 Å². The van der Waals surface area contributed by atoms with Crippen molar-refractivity contribution >= 4 is 21.8 Å². The van der Waals surface area contributed by atoms with Crippen molar-refractivity contribution in [1.82, 2.24) is 14.5 Å². The number of carbonyl (C=O) groups excluding carboxylic acids is 2. The van der Waals surface area contributed by atoms with Gasteiger partial charge in [-0.25, -0.2) is 8.42 Å². The van der Waals surface area contributed by atoms with E-state index in [9.17, 15) is 18.0 Å². The van der Waals surface area contributed by atoms with E-state index >= 15 is 0 Å². The maximum Gasteiger partial charge on any atom is 0.253 e. The molecule has 4 rings (SSSR count). The van der Waals surface area contributed by atoms with E-state index in [4.69, 9.17) is 0 Å². The SMILES string of the molecule is C=CC(=O)NC1CCN(S(=O)(=O)c2ccc(C(=O)N(C)Cc3ccccc3)cc2)C2(CCC2)C1. The minimum absolute atomic E-state index is 0.0580. The Labute approximate surface area is 201 Å². The van der Waals surface area contributed by atoms with Crippen LogP contribution in [0.2, 0.25) is 0 Å². The van der Waals surface area contributed by atoms with Crippen LogP contribution in [0.25, 0.3) is 0 Å². The molecule has 1 unspecified atom stereocenters. The molecule has 1 heterocycles. The highest BCUT2D eigenvalue weighted by Crippen LogP contribution is 2.46. The molecule has 1 atom stereocenters. The third-order valence-corrected chi connectivity index (χ3v) is 8.97. The van der Waals surface area contributed by atoms with Gasteiger partial charge in [-0.1, -0.05) is 36.9 Å². The molecule has 180 valence electrons. The van der Waals surface area contributed by atoms with Crippen LogP contribution in [0.4, 0.5) is 0 Å². The number of hydrogen-bond acceptors (Lipinski definition) is 4. The molecule has 1 saturated heterocycles. The van der Waals surface area contributed by atoms with Crippen LogP contribution >= 0.6 is 0 Å². The maximum absolute atomic E-state index is 13.6. The molecule has 2 aliphatic rings. The first-order valence-corrected chi connectivity index (χ1v) is 13.0. The molecular formula is C26H31N3O4S. The zero-order chi connectivity index (χ0) is 24.3. The molecule has 8 heteroatoms. The average Bonchev–Trinajstić information content (AvgIpc) is 2.83. The number of sulfonamides is 1. The molecule has 2 fully saturated rings. The predicted octanol–water partition coefficient (Wildman–Crippen LogP) is 3.34. The Balaban J connectivity index is 1.48. The second-order valence-electron chi connectivity index (χ2n) is 9.23. The van der Waals surface area contributed by atoms with Crippen molar-refractivity contribution in [2.75, 3.05) is 13.6 Å². The van der Waals surface area contributed by atoms with Crippen molar-refractivity contribution in [2.45, 2.75) is 55.1 Å². The standard InChI is InChI=1S/C26H31N3O4S/c1-3-24(30)27-22-14-17-29(26(18-22)15-7-16-26)34(32,33)23-12-10-21(11-13-23)25(31)28(2)19-20-8-5-4-6-9-20/h3-6,8-13,22H,1,7,14-19H2,2H3,(H,27,30). The molecule has 1 spiro atoms. The normalized spacial score (nSPS) is 19.7. The van der Waals surface area contributed by atoms with Crippen molar-refractivity contribution in [1.29, 1.82) is 0 Å². The molecular weight excluding hydrogens is 450 g/mol. The molecule has 2 aromatic rings. The van der Waals surface area contributed by atoms with Gasteiger partial charge in [0, 0.05) is 37.3 Å². The summed E-state index contributed by atoms with van der Waals surface area (Å²) in [6, 6.07) is 15.9. The lowest BCUT2D eigenvalue weighted by Crippen LogP contribution is -2.63. The summed E-state index contributed by atoms with van der Waals surface area (Å²) >= 11 is 0. The predicted molar refractivity (Wildman–Crippen MR) is 131 cm³/mol. The van der Waals surface area contributed by atoms with E-state index in [1.54, 1.807) is 28.4 Å². The number of benzene rings is 2. The molecule has 1 aliphatic carbocycles. The summed E-state index contributed by atoms with van der Waals surface area (Å²) in [6.07, 6.45) is 4.95. The van der Waals surface area contributed by atoms with Crippen molar-refractivity contribution < 1.29 is 18.0 Å². The smallest absolute Gasteiger partial charge is 0.253 e. The fraction of sp³-hybridized carbons (Fsp3) is 0.385. The van der Waals surface area contributed by atoms with Crippen molar-refractivity contribution in [3.05, 3.63) is 78.4 Å². The van der Waals surface area contributed by atoms with E-state index < -0.39 is 15.6 Å². The summed E-state index contributed by atoms with van der Waals surface area (Å²) in [5.41, 5.74) is 1.01. The summed E-state index contributed by atoms with van der Waals surface area (Å²) in [6.45, 7) is 4.32. The number of amides is 2. The largest absolute Gasteiger partial charge is 0.350 e. The topological polar surface area (TPSA) is 86.8 Å². The van der Waals surface area contributed by atoms with E-state index in [0.29, 0.717) is 31.5 Å². The first kappa shape index (κ1) is 24.2. The Bertz CT molecular complexity index is 1160. The Morgan fingerprint density at radius 1 is 1.15 bits per heavy atom. The maximum atomic E-state index is 13.6. The molecule has 2 aromatic carbocycles. The van der Waals surface area contributed by atoms with Crippen molar-refractivity contribution in [3.8, 4) is 0 Å². The lowest BCUT2D eigenvalue weighted by atomic mass is 9.70. The molecule has 0 bridgehead atoms. The van der Waals surface area contributed by atoms with Crippen molar-refractivity contribution in [3.63, 3.8) is 0 Å². The second kappa shape index (κ2) is 9.72. The zero-order valence-corrected chi connectivity index (χ0v) is 20.3. The van der Waals surface area contributed by atoms with Crippen LogP contribution in [-0.2, 0) is 21.4 Å². The lowest BCUT2D eigenvalue weighted by Gasteiger charge is -2.54. The Hall–Kier alpha value is -2.97. The number of piperidine rings is 1. The van der Waals surface area contributed by atoms with Crippen LogP contribution in [0.15, 0.2) is 72.1 Å². The number of nitrogens with one attached hydrogen (secondary N) is 1. The van der Waals surface area contributed by atoms with E-state index in [2.05, 4.69) is 11.9 Å². The summed E-state index contributed by atoms with van der Waals surface area (Å²) in [7, 11) is -1.99. The number of hydrogen-bond donors (Lipinski definition) is 1. The first-order valence-electron chi connectivity index (χ1n) is 11.6. The van der Waals surface area contributed by atoms with Gasteiger partial charge in [0.25, 0.3) is 5.91 Å². The Morgan fingerprint density at radius 3 is 2.41 bits per heavy atom. The van der Waals surface area contributed by atoms with Gasteiger partial charge in [-0.05, 0) is 68.0 Å². The number of rotatable bonds is 7. The third kappa shape index (κ3) is 4.79. The van der Waals surface area contributed by atoms with Gasteiger partial charge in [0.15, 0.2) is 0 Å². The van der Waals surface area contributed by atoms with Crippen LogP contribution in [-0.4, -0.2) is 54.6 Å². The minimum atomic E-state index is -3.72. The summed E-state index contributed by atoms with van der Waals surface area (Å²) in [4.78, 5) is 26.4. The Kier molecular flexibility index (Phi) is 6.91. The van der Waals surface area contributed by atoms with Crippen LogP contribution in [0, 0.1) is 0 Å². The van der Waals surface area contributed by atoms with Gasteiger partial charge in [0.1, 0.15) is 0 Å². The quantitative estimate of drug-likeness (QED) is 0.615. The van der Waals surface area contributed by atoms with Gasteiger partial charge >= 0.3 is 0 Å². The molecule has 1 aliphatic heterocycles. The first-order chi connectivity index (χ1) is 16.2. The molecule has 0 radical (unpaired) electrons.